The van der Waals surface area contributed by atoms with Crippen molar-refractivity contribution in [3.8, 4) is 0 Å². The monoisotopic (exact) mass is 385 g/mol. The molecule has 0 aromatic carbocycles. The first kappa shape index (κ1) is 23.4. The van der Waals surface area contributed by atoms with Crippen LogP contribution in [0.2, 0.25) is 0 Å². The summed E-state index contributed by atoms with van der Waals surface area (Å²) in [4.78, 5) is 38.9. The predicted octanol–water partition coefficient (Wildman–Crippen LogP) is 1.20. The standard InChI is InChI=1S/C19H35N3O5/c1-4-5-6-8-14(11-16(24)21-27)18(25)20-17(13(2)3)19(26)22-10-7-9-15(22)12-23/h13-15,17,23,27H,4-12H2,1-3H3,(H,20,25)(H,21,24)/t14?,15-,17?/m0/s1. The molecule has 4 N–H and O–H groups in total. The number of unbranched alkanes of at least 4 members (excludes halogenated alkanes) is 2. The zero-order valence-corrected chi connectivity index (χ0v) is 16.7. The summed E-state index contributed by atoms with van der Waals surface area (Å²) in [7, 11) is 0. The number of nitrogens with zero attached hydrogens (tertiary/aromatic N) is 1. The van der Waals surface area contributed by atoms with Crippen molar-refractivity contribution in [2.75, 3.05) is 13.2 Å². The van der Waals surface area contributed by atoms with Gasteiger partial charge in [-0.15, -0.1) is 0 Å². The molecule has 0 saturated carbocycles. The van der Waals surface area contributed by atoms with Gasteiger partial charge >= 0.3 is 0 Å². The number of aliphatic hydroxyl groups is 1. The zero-order chi connectivity index (χ0) is 20.4. The van der Waals surface area contributed by atoms with Crippen LogP contribution in [-0.2, 0) is 14.4 Å². The minimum absolute atomic E-state index is 0.0825. The summed E-state index contributed by atoms with van der Waals surface area (Å²) in [6, 6.07) is -0.897. The first-order valence-electron chi connectivity index (χ1n) is 10.00. The van der Waals surface area contributed by atoms with Gasteiger partial charge in [0.2, 0.25) is 17.7 Å². The highest BCUT2D eigenvalue weighted by molar-refractivity contribution is 5.91. The van der Waals surface area contributed by atoms with E-state index in [0.29, 0.717) is 13.0 Å². The van der Waals surface area contributed by atoms with Crippen LogP contribution in [0.4, 0.5) is 0 Å². The van der Waals surface area contributed by atoms with Crippen LogP contribution in [0.3, 0.4) is 0 Å². The van der Waals surface area contributed by atoms with Crippen LogP contribution in [-0.4, -0.2) is 58.2 Å². The summed E-state index contributed by atoms with van der Waals surface area (Å²) in [5.74, 6) is -1.86. The highest BCUT2D eigenvalue weighted by atomic mass is 16.5. The van der Waals surface area contributed by atoms with Crippen LogP contribution < -0.4 is 10.8 Å². The number of amides is 3. The van der Waals surface area contributed by atoms with Gasteiger partial charge in [0.1, 0.15) is 6.04 Å². The SMILES string of the molecule is CCCCCC(CC(=O)NO)C(=O)NC(C(=O)N1CCC[C@H]1CO)C(C)C. The van der Waals surface area contributed by atoms with Crippen LogP contribution >= 0.6 is 0 Å². The Morgan fingerprint density at radius 2 is 1.93 bits per heavy atom. The minimum atomic E-state index is -0.699. The number of hydrogen-bond acceptors (Lipinski definition) is 5. The molecule has 0 aromatic rings. The van der Waals surface area contributed by atoms with Crippen molar-refractivity contribution in [1.29, 1.82) is 0 Å². The predicted molar refractivity (Wildman–Crippen MR) is 101 cm³/mol. The van der Waals surface area contributed by atoms with E-state index in [1.165, 1.54) is 0 Å². The molecule has 0 bridgehead atoms. The third kappa shape index (κ3) is 7.10. The number of rotatable bonds is 11. The van der Waals surface area contributed by atoms with Crippen LogP contribution in [0.1, 0.15) is 65.7 Å². The Morgan fingerprint density at radius 3 is 2.48 bits per heavy atom. The summed E-state index contributed by atoms with van der Waals surface area (Å²) in [6.45, 7) is 6.27. The topological polar surface area (TPSA) is 119 Å². The van der Waals surface area contributed by atoms with E-state index in [2.05, 4.69) is 12.2 Å². The van der Waals surface area contributed by atoms with E-state index in [-0.39, 0.29) is 36.8 Å². The molecule has 27 heavy (non-hydrogen) atoms. The number of likely N-dealkylation sites (tertiary alicyclic amines) is 1. The van der Waals surface area contributed by atoms with Gasteiger partial charge in [-0.3, -0.25) is 19.6 Å². The molecular weight excluding hydrogens is 350 g/mol. The number of aliphatic hydroxyl groups excluding tert-OH is 1. The maximum atomic E-state index is 12.9. The Kier molecular flexibility index (Phi) is 10.3. The molecule has 0 aliphatic carbocycles. The molecule has 2 unspecified atom stereocenters. The molecule has 0 aromatic heterocycles. The Bertz CT molecular complexity index is 498. The third-order valence-electron chi connectivity index (χ3n) is 5.18. The maximum absolute atomic E-state index is 12.9. The fourth-order valence-corrected chi connectivity index (χ4v) is 3.51. The maximum Gasteiger partial charge on any atom is 0.245 e. The lowest BCUT2D eigenvalue weighted by molar-refractivity contribution is -0.141. The molecule has 1 saturated heterocycles. The van der Waals surface area contributed by atoms with E-state index in [4.69, 9.17) is 5.21 Å². The highest BCUT2D eigenvalue weighted by Gasteiger charge is 2.36. The van der Waals surface area contributed by atoms with E-state index >= 15 is 0 Å². The second kappa shape index (κ2) is 11.9. The number of carbonyl (C=O) groups is 3. The molecule has 1 heterocycles. The Hall–Kier alpha value is -1.67. The molecule has 1 fully saturated rings. The van der Waals surface area contributed by atoms with E-state index in [0.717, 1.165) is 32.1 Å². The van der Waals surface area contributed by atoms with Gasteiger partial charge in [0.15, 0.2) is 0 Å². The zero-order valence-electron chi connectivity index (χ0n) is 16.7. The molecule has 0 spiro atoms. The van der Waals surface area contributed by atoms with Crippen molar-refractivity contribution >= 4 is 17.7 Å². The van der Waals surface area contributed by atoms with E-state index in [1.54, 1.807) is 10.4 Å². The molecule has 1 aliphatic rings. The smallest absolute Gasteiger partial charge is 0.245 e. The minimum Gasteiger partial charge on any atom is -0.394 e. The average molecular weight is 386 g/mol. The van der Waals surface area contributed by atoms with Gasteiger partial charge in [-0.25, -0.2) is 5.48 Å². The van der Waals surface area contributed by atoms with Crippen molar-refractivity contribution in [2.45, 2.75) is 77.8 Å². The second-order valence-corrected chi connectivity index (χ2v) is 7.67. The van der Waals surface area contributed by atoms with Gasteiger partial charge in [-0.2, -0.15) is 0 Å². The van der Waals surface area contributed by atoms with Gasteiger partial charge < -0.3 is 15.3 Å². The average Bonchev–Trinajstić information content (AvgIpc) is 3.13. The van der Waals surface area contributed by atoms with Crippen LogP contribution in [0.5, 0.6) is 0 Å². The molecule has 3 atom stereocenters. The summed E-state index contributed by atoms with van der Waals surface area (Å²) in [5, 5.41) is 21.1. The molecular formula is C19H35N3O5. The number of nitrogens with one attached hydrogen (secondary N) is 2. The van der Waals surface area contributed by atoms with Gasteiger partial charge in [0, 0.05) is 18.9 Å². The first-order valence-corrected chi connectivity index (χ1v) is 10.00. The molecule has 8 nitrogen and oxygen atoms in total. The quantitative estimate of drug-likeness (QED) is 0.242. The molecule has 0 radical (unpaired) electrons. The molecule has 1 aliphatic heterocycles. The Balaban J connectivity index is 2.82. The fourth-order valence-electron chi connectivity index (χ4n) is 3.51. The summed E-state index contributed by atoms with van der Waals surface area (Å²) < 4.78 is 0. The van der Waals surface area contributed by atoms with Crippen molar-refractivity contribution in [3.05, 3.63) is 0 Å². The van der Waals surface area contributed by atoms with Gasteiger partial charge in [-0.05, 0) is 25.2 Å². The third-order valence-corrected chi connectivity index (χ3v) is 5.18. The lowest BCUT2D eigenvalue weighted by Gasteiger charge is -2.31. The van der Waals surface area contributed by atoms with Crippen molar-refractivity contribution in [3.63, 3.8) is 0 Å². The molecule has 3 amide bonds. The summed E-state index contributed by atoms with van der Waals surface area (Å²) in [5.41, 5.74) is 1.58. The number of hydrogen-bond donors (Lipinski definition) is 4. The van der Waals surface area contributed by atoms with E-state index < -0.39 is 17.9 Å². The van der Waals surface area contributed by atoms with E-state index in [1.807, 2.05) is 13.8 Å². The molecule has 8 heteroatoms. The second-order valence-electron chi connectivity index (χ2n) is 7.67. The van der Waals surface area contributed by atoms with Crippen LogP contribution in [0, 0.1) is 11.8 Å². The number of carbonyl (C=O) groups excluding carboxylic acids is 3. The Morgan fingerprint density at radius 1 is 1.22 bits per heavy atom. The molecule has 156 valence electrons. The lowest BCUT2D eigenvalue weighted by Crippen LogP contribution is -2.54. The van der Waals surface area contributed by atoms with Gasteiger partial charge in [0.25, 0.3) is 0 Å². The number of hydroxylamine groups is 1. The highest BCUT2D eigenvalue weighted by Crippen LogP contribution is 2.21. The summed E-state index contributed by atoms with van der Waals surface area (Å²) >= 11 is 0. The fraction of sp³-hybridized carbons (Fsp3) is 0.842. The largest absolute Gasteiger partial charge is 0.394 e. The van der Waals surface area contributed by atoms with Crippen LogP contribution in [0.15, 0.2) is 0 Å². The van der Waals surface area contributed by atoms with Crippen molar-refractivity contribution in [2.24, 2.45) is 11.8 Å². The normalized spacial score (nSPS) is 19.0. The Labute approximate surface area is 161 Å². The first-order chi connectivity index (χ1) is 12.8. The summed E-state index contributed by atoms with van der Waals surface area (Å²) in [6.07, 6.45) is 4.74. The van der Waals surface area contributed by atoms with Crippen molar-refractivity contribution < 1.29 is 24.7 Å². The van der Waals surface area contributed by atoms with Gasteiger partial charge in [-0.1, -0.05) is 40.0 Å². The van der Waals surface area contributed by atoms with Crippen LogP contribution in [0.25, 0.3) is 0 Å². The van der Waals surface area contributed by atoms with Crippen molar-refractivity contribution in [1.82, 2.24) is 15.7 Å². The van der Waals surface area contributed by atoms with E-state index in [9.17, 15) is 19.5 Å². The lowest BCUT2D eigenvalue weighted by atomic mass is 9.94. The molecule has 1 rings (SSSR count). The van der Waals surface area contributed by atoms with Gasteiger partial charge in [0.05, 0.1) is 12.6 Å².